The third-order valence-corrected chi connectivity index (χ3v) is 1.16. The molecule has 0 aromatic carbocycles. The predicted octanol–water partition coefficient (Wildman–Crippen LogP) is -10.7. The Kier molecular flexibility index (Phi) is 24.9. The molecule has 0 amide bonds. The summed E-state index contributed by atoms with van der Waals surface area (Å²) in [6, 6.07) is 0. The van der Waals surface area contributed by atoms with Crippen molar-refractivity contribution in [3.8, 4) is 0 Å². The molecule has 0 aromatic heterocycles. The van der Waals surface area contributed by atoms with Crippen molar-refractivity contribution in [2.45, 2.75) is 0 Å². The van der Waals surface area contributed by atoms with Crippen molar-refractivity contribution in [3.05, 3.63) is 0 Å². The molecular formula is C4H2Na2O8S2. The fourth-order valence-corrected chi connectivity index (χ4v) is 0.204. The van der Waals surface area contributed by atoms with Crippen molar-refractivity contribution in [2.75, 3.05) is 0 Å². The van der Waals surface area contributed by atoms with Crippen LogP contribution in [0.2, 0.25) is 0 Å². The van der Waals surface area contributed by atoms with Crippen LogP contribution in [0.25, 0.3) is 0 Å². The van der Waals surface area contributed by atoms with Crippen molar-refractivity contribution < 1.29 is 97.5 Å². The maximum atomic E-state index is 9.31. The summed E-state index contributed by atoms with van der Waals surface area (Å²) in [6.07, 6.45) is 0. The van der Waals surface area contributed by atoms with E-state index in [-0.39, 0.29) is 59.1 Å². The average molecular weight is 288 g/mol. The van der Waals surface area contributed by atoms with E-state index >= 15 is 0 Å². The van der Waals surface area contributed by atoms with Gasteiger partial charge < -0.3 is 30.0 Å². The van der Waals surface area contributed by atoms with Gasteiger partial charge in [0.25, 0.3) is 0 Å². The van der Waals surface area contributed by atoms with Gasteiger partial charge >= 0.3 is 59.1 Å². The Balaban J connectivity index is -0.0000000800. The normalized spacial score (nSPS) is 6.62. The SMILES string of the molecule is O=S=C(O)C(=O)[O-].O=S=C(O)C(=O)[O-].[Na+].[Na+]. The van der Waals surface area contributed by atoms with Crippen LogP contribution in [0.3, 0.4) is 0 Å². The molecule has 12 heteroatoms. The Hall–Kier alpha value is 0.640. The number of hydrogen-bond acceptors (Lipinski definition) is 6. The Morgan fingerprint density at radius 3 is 1.00 bits per heavy atom. The third kappa shape index (κ3) is 17.0. The van der Waals surface area contributed by atoms with Crippen LogP contribution in [0.15, 0.2) is 0 Å². The van der Waals surface area contributed by atoms with Gasteiger partial charge in [-0.15, -0.1) is 0 Å². The van der Waals surface area contributed by atoms with E-state index in [1.165, 1.54) is 0 Å². The maximum absolute atomic E-state index is 9.31. The fraction of sp³-hybridized carbons (Fsp3) is 0. The summed E-state index contributed by atoms with van der Waals surface area (Å²) >= 11 is -1.01. The quantitative estimate of drug-likeness (QED) is 0.329. The smallest absolute Gasteiger partial charge is 0.542 e. The first-order chi connectivity index (χ1) is 6.36. The first-order valence-corrected chi connectivity index (χ1v) is 3.99. The molecule has 0 aliphatic heterocycles. The zero-order valence-corrected chi connectivity index (χ0v) is 13.8. The minimum atomic E-state index is -1.83. The van der Waals surface area contributed by atoms with Crippen LogP contribution in [0.5, 0.6) is 0 Å². The van der Waals surface area contributed by atoms with E-state index in [1.54, 1.807) is 0 Å². The molecule has 80 valence electrons. The number of carboxylic acids is 2. The molecule has 0 aromatic rings. The summed E-state index contributed by atoms with van der Waals surface area (Å²) in [4.78, 5) is 18.6. The number of aliphatic carboxylic acids is 2. The Bertz CT molecular complexity index is 308. The van der Waals surface area contributed by atoms with Crippen LogP contribution in [0.4, 0.5) is 0 Å². The first-order valence-electron chi connectivity index (χ1n) is 2.51. The zero-order valence-electron chi connectivity index (χ0n) is 8.16. The Morgan fingerprint density at radius 2 is 1.00 bits per heavy atom. The Morgan fingerprint density at radius 1 is 0.812 bits per heavy atom. The van der Waals surface area contributed by atoms with E-state index < -0.39 is 44.6 Å². The molecule has 0 bridgehead atoms. The minimum Gasteiger partial charge on any atom is -0.542 e. The number of carbonyl (C=O) groups is 2. The predicted molar refractivity (Wildman–Crippen MR) is 41.6 cm³/mol. The number of carboxylic acid groups (broad SMARTS) is 2. The standard InChI is InChI=1S/2C2H2O4S.2Na/c2*3-1(4)2(5)7-6;;/h2*5H,(H,3,4);;/q;;2*+1/p-2. The number of rotatable bonds is 0. The van der Waals surface area contributed by atoms with Crippen LogP contribution in [0, 0.1) is 0 Å². The summed E-state index contributed by atoms with van der Waals surface area (Å²) < 4.78 is 18.6. The molecule has 0 radical (unpaired) electrons. The second-order valence-electron chi connectivity index (χ2n) is 1.35. The Labute approximate surface area is 140 Å². The summed E-state index contributed by atoms with van der Waals surface area (Å²) in [5.74, 6) is -3.67. The van der Waals surface area contributed by atoms with Gasteiger partial charge in [0.15, 0.2) is 10.1 Å². The van der Waals surface area contributed by atoms with Gasteiger partial charge in [-0.25, -0.2) is 8.42 Å². The molecule has 0 rings (SSSR count). The molecule has 0 spiro atoms. The summed E-state index contributed by atoms with van der Waals surface area (Å²) in [5, 5.41) is 31.8. The van der Waals surface area contributed by atoms with Gasteiger partial charge in [0.1, 0.15) is 34.4 Å². The van der Waals surface area contributed by atoms with Crippen molar-refractivity contribution in [3.63, 3.8) is 0 Å². The van der Waals surface area contributed by atoms with Gasteiger partial charge in [0.05, 0.1) is 0 Å². The molecule has 0 heterocycles. The molecule has 2 N–H and O–H groups in total. The van der Waals surface area contributed by atoms with E-state index in [2.05, 4.69) is 0 Å². The topological polar surface area (TPSA) is 155 Å². The van der Waals surface area contributed by atoms with Gasteiger partial charge in [0, 0.05) is 0 Å². The maximum Gasteiger partial charge on any atom is 1.00 e. The molecule has 0 saturated carbocycles. The molecule has 0 unspecified atom stereocenters. The van der Waals surface area contributed by atoms with Gasteiger partial charge in [-0.05, 0) is 0 Å². The number of aliphatic hydroxyl groups excluding tert-OH is 2. The van der Waals surface area contributed by atoms with Crippen LogP contribution in [-0.2, 0) is 32.1 Å². The van der Waals surface area contributed by atoms with Crippen molar-refractivity contribution in [1.82, 2.24) is 0 Å². The molecule has 0 aliphatic carbocycles. The second-order valence-corrected chi connectivity index (χ2v) is 2.46. The van der Waals surface area contributed by atoms with Crippen LogP contribution < -0.4 is 69.3 Å². The second kappa shape index (κ2) is 15.6. The molecule has 0 aliphatic rings. The van der Waals surface area contributed by atoms with Crippen molar-refractivity contribution in [2.24, 2.45) is 0 Å². The molecular weight excluding hydrogens is 286 g/mol. The van der Waals surface area contributed by atoms with Gasteiger partial charge in [-0.3, -0.25) is 0 Å². The van der Waals surface area contributed by atoms with E-state index in [4.69, 9.17) is 10.2 Å². The van der Waals surface area contributed by atoms with E-state index in [1.807, 2.05) is 0 Å². The third-order valence-electron chi connectivity index (χ3n) is 0.507. The van der Waals surface area contributed by atoms with Crippen LogP contribution in [-0.4, -0.2) is 40.7 Å². The summed E-state index contributed by atoms with van der Waals surface area (Å²) in [7, 11) is 0. The monoisotopic (exact) mass is 288 g/mol. The molecule has 0 saturated heterocycles. The fourth-order valence-electron chi connectivity index (χ4n) is 0.0680. The van der Waals surface area contributed by atoms with Gasteiger partial charge in [-0.1, -0.05) is 0 Å². The summed E-state index contributed by atoms with van der Waals surface area (Å²) in [6.45, 7) is 0. The van der Waals surface area contributed by atoms with E-state index in [0.717, 1.165) is 0 Å². The number of hydrogen-bond donors (Lipinski definition) is 2. The zero-order chi connectivity index (χ0) is 11.7. The van der Waals surface area contributed by atoms with Gasteiger partial charge in [0.2, 0.25) is 0 Å². The number of carbonyl (C=O) groups excluding carboxylic acids is 2. The average Bonchev–Trinajstić information content (AvgIpc) is 2.15. The number of aliphatic hydroxyl groups is 2. The molecule has 0 fully saturated rings. The summed E-state index contributed by atoms with van der Waals surface area (Å²) in [5.41, 5.74) is 0. The van der Waals surface area contributed by atoms with Crippen molar-refractivity contribution >= 4 is 44.6 Å². The molecule has 8 nitrogen and oxygen atoms in total. The molecule has 0 atom stereocenters. The first kappa shape index (κ1) is 25.5. The van der Waals surface area contributed by atoms with Crippen molar-refractivity contribution in [1.29, 1.82) is 0 Å². The van der Waals surface area contributed by atoms with Gasteiger partial charge in [-0.2, -0.15) is 0 Å². The van der Waals surface area contributed by atoms with E-state index in [0.29, 0.717) is 0 Å². The largest absolute Gasteiger partial charge is 1.00 e. The molecule has 16 heavy (non-hydrogen) atoms. The van der Waals surface area contributed by atoms with E-state index in [9.17, 15) is 28.2 Å². The van der Waals surface area contributed by atoms with Crippen LogP contribution in [0.1, 0.15) is 0 Å². The minimum absolute atomic E-state index is 0. The van der Waals surface area contributed by atoms with Crippen LogP contribution >= 0.6 is 0 Å².